The quantitative estimate of drug-likeness (QED) is 0.554. The van der Waals surface area contributed by atoms with Crippen LogP contribution in [0.2, 0.25) is 0 Å². The molecule has 1 aliphatic rings. The van der Waals surface area contributed by atoms with E-state index in [2.05, 4.69) is 5.32 Å². The minimum absolute atomic E-state index is 0.137. The number of carbonyl (C=O) groups is 2. The van der Waals surface area contributed by atoms with Gasteiger partial charge in [0, 0.05) is 45.4 Å². The molecule has 0 saturated carbocycles. The van der Waals surface area contributed by atoms with E-state index in [1.165, 1.54) is 0 Å². The Morgan fingerprint density at radius 2 is 2.14 bits per heavy atom. The fraction of sp³-hybridized carbons (Fsp3) is 0.778. The molecule has 3 N–H and O–H groups in total. The van der Waals surface area contributed by atoms with E-state index >= 15 is 0 Å². The van der Waals surface area contributed by atoms with Crippen molar-refractivity contribution in [1.29, 1.82) is 0 Å². The van der Waals surface area contributed by atoms with E-state index in [1.807, 2.05) is 0 Å². The van der Waals surface area contributed by atoms with Crippen LogP contribution in [0.3, 0.4) is 0 Å². The average Bonchev–Trinajstić information content (AvgIpc) is 1.98. The number of likely N-dealkylation sites (tertiary alicyclic amines) is 1. The van der Waals surface area contributed by atoms with Crippen LogP contribution >= 0.6 is 0 Å². The van der Waals surface area contributed by atoms with Crippen LogP contribution in [-0.2, 0) is 9.59 Å². The van der Waals surface area contributed by atoms with Crippen LogP contribution in [0.15, 0.2) is 0 Å². The molecular weight excluding hydrogens is 182 g/mol. The molecule has 0 unspecified atom stereocenters. The first kappa shape index (κ1) is 11.0. The molecule has 1 saturated heterocycles. The fourth-order valence-corrected chi connectivity index (χ4v) is 1.47. The Morgan fingerprint density at radius 1 is 1.50 bits per heavy atom. The van der Waals surface area contributed by atoms with E-state index in [4.69, 9.17) is 5.73 Å². The molecule has 0 atom stereocenters. The molecule has 80 valence electrons. The van der Waals surface area contributed by atoms with Gasteiger partial charge in [-0.25, -0.2) is 0 Å². The molecule has 0 radical (unpaired) electrons. The number of amides is 2. The Balaban J connectivity index is 1.96. The molecule has 0 aliphatic carbocycles. The third-order valence-electron chi connectivity index (χ3n) is 2.38. The SMILES string of the molecule is CC(=O)N1CC(CNCCC(N)=O)C1. The van der Waals surface area contributed by atoms with Crippen molar-refractivity contribution in [3.8, 4) is 0 Å². The Hall–Kier alpha value is -1.10. The minimum atomic E-state index is -0.281. The maximum absolute atomic E-state index is 10.8. The molecule has 1 aliphatic heterocycles. The molecule has 1 heterocycles. The standard InChI is InChI=1S/C9H17N3O2/c1-7(13)12-5-8(6-12)4-11-3-2-9(10)14/h8,11H,2-6H2,1H3,(H2,10,14). The third kappa shape index (κ3) is 3.33. The summed E-state index contributed by atoms with van der Waals surface area (Å²) in [6.07, 6.45) is 0.378. The first-order valence-corrected chi connectivity index (χ1v) is 4.84. The van der Waals surface area contributed by atoms with Crippen molar-refractivity contribution in [1.82, 2.24) is 10.2 Å². The van der Waals surface area contributed by atoms with Gasteiger partial charge in [-0.2, -0.15) is 0 Å². The van der Waals surface area contributed by atoms with Gasteiger partial charge in [-0.3, -0.25) is 9.59 Å². The van der Waals surface area contributed by atoms with Gasteiger partial charge in [-0.05, 0) is 0 Å². The van der Waals surface area contributed by atoms with Crippen LogP contribution in [0.4, 0.5) is 0 Å². The molecule has 14 heavy (non-hydrogen) atoms. The second-order valence-electron chi connectivity index (χ2n) is 3.71. The summed E-state index contributed by atoms with van der Waals surface area (Å²) < 4.78 is 0. The molecule has 0 aromatic heterocycles. The van der Waals surface area contributed by atoms with Gasteiger partial charge in [-0.1, -0.05) is 0 Å². The largest absolute Gasteiger partial charge is 0.370 e. The Bertz CT molecular complexity index is 224. The Kier molecular flexibility index (Phi) is 3.88. The molecule has 0 aromatic carbocycles. The van der Waals surface area contributed by atoms with Gasteiger partial charge >= 0.3 is 0 Å². The normalized spacial score (nSPS) is 16.5. The van der Waals surface area contributed by atoms with E-state index in [1.54, 1.807) is 11.8 Å². The summed E-state index contributed by atoms with van der Waals surface area (Å²) in [6, 6.07) is 0. The summed E-state index contributed by atoms with van der Waals surface area (Å²) in [7, 11) is 0. The van der Waals surface area contributed by atoms with Crippen LogP contribution < -0.4 is 11.1 Å². The van der Waals surface area contributed by atoms with E-state index in [0.29, 0.717) is 18.9 Å². The van der Waals surface area contributed by atoms with Crippen molar-refractivity contribution in [3.63, 3.8) is 0 Å². The van der Waals surface area contributed by atoms with Crippen LogP contribution in [-0.4, -0.2) is 42.9 Å². The van der Waals surface area contributed by atoms with Crippen LogP contribution in [0.25, 0.3) is 0 Å². The summed E-state index contributed by atoms with van der Waals surface area (Å²) in [5.41, 5.74) is 4.99. The van der Waals surface area contributed by atoms with E-state index < -0.39 is 0 Å². The second-order valence-corrected chi connectivity index (χ2v) is 3.71. The average molecular weight is 199 g/mol. The molecule has 0 bridgehead atoms. The predicted molar refractivity (Wildman–Crippen MR) is 52.4 cm³/mol. The third-order valence-corrected chi connectivity index (χ3v) is 2.38. The lowest BCUT2D eigenvalue weighted by Crippen LogP contribution is -2.52. The molecular formula is C9H17N3O2. The molecule has 1 fully saturated rings. The van der Waals surface area contributed by atoms with Gasteiger partial charge in [0.05, 0.1) is 0 Å². The highest BCUT2D eigenvalue weighted by atomic mass is 16.2. The van der Waals surface area contributed by atoms with E-state index in [9.17, 15) is 9.59 Å². The summed E-state index contributed by atoms with van der Waals surface area (Å²) in [5.74, 6) is 0.390. The number of hydrogen-bond donors (Lipinski definition) is 2. The highest BCUT2D eigenvalue weighted by molar-refractivity contribution is 5.74. The zero-order valence-electron chi connectivity index (χ0n) is 8.45. The van der Waals surface area contributed by atoms with Crippen LogP contribution in [0.5, 0.6) is 0 Å². The summed E-state index contributed by atoms with van der Waals surface area (Å²) >= 11 is 0. The first-order valence-electron chi connectivity index (χ1n) is 4.84. The Labute approximate surface area is 83.6 Å². The van der Waals surface area contributed by atoms with Gasteiger partial charge in [0.2, 0.25) is 11.8 Å². The molecule has 5 heteroatoms. The molecule has 0 aromatic rings. The maximum atomic E-state index is 10.8. The van der Waals surface area contributed by atoms with Crippen molar-refractivity contribution in [2.45, 2.75) is 13.3 Å². The highest BCUT2D eigenvalue weighted by Gasteiger charge is 2.27. The number of hydrogen-bond acceptors (Lipinski definition) is 3. The summed E-state index contributed by atoms with van der Waals surface area (Å²) in [6.45, 7) is 4.73. The van der Waals surface area contributed by atoms with Crippen LogP contribution in [0, 0.1) is 5.92 Å². The predicted octanol–water partition coefficient (Wildman–Crippen LogP) is -1.07. The number of rotatable bonds is 5. The first-order chi connectivity index (χ1) is 6.59. The van der Waals surface area contributed by atoms with Crippen molar-refractivity contribution in [2.24, 2.45) is 11.7 Å². The fourth-order valence-electron chi connectivity index (χ4n) is 1.47. The number of primary amides is 1. The van der Waals surface area contributed by atoms with Gasteiger partial charge in [0.1, 0.15) is 0 Å². The molecule has 1 rings (SSSR count). The van der Waals surface area contributed by atoms with Crippen molar-refractivity contribution >= 4 is 11.8 Å². The maximum Gasteiger partial charge on any atom is 0.219 e. The summed E-state index contributed by atoms with van der Waals surface area (Å²) in [4.78, 5) is 23.0. The van der Waals surface area contributed by atoms with E-state index in [0.717, 1.165) is 19.6 Å². The smallest absolute Gasteiger partial charge is 0.219 e. The number of nitrogens with zero attached hydrogens (tertiary/aromatic N) is 1. The lowest BCUT2D eigenvalue weighted by Gasteiger charge is -2.38. The molecule has 2 amide bonds. The van der Waals surface area contributed by atoms with Crippen molar-refractivity contribution < 1.29 is 9.59 Å². The van der Waals surface area contributed by atoms with E-state index in [-0.39, 0.29) is 11.8 Å². The lowest BCUT2D eigenvalue weighted by atomic mass is 10.0. The Morgan fingerprint density at radius 3 is 2.64 bits per heavy atom. The summed E-state index contributed by atoms with van der Waals surface area (Å²) in [5, 5.41) is 3.14. The number of carbonyl (C=O) groups excluding carboxylic acids is 2. The van der Waals surface area contributed by atoms with Crippen molar-refractivity contribution in [2.75, 3.05) is 26.2 Å². The molecule has 5 nitrogen and oxygen atoms in total. The second kappa shape index (κ2) is 4.95. The monoisotopic (exact) mass is 199 g/mol. The van der Waals surface area contributed by atoms with Crippen LogP contribution in [0.1, 0.15) is 13.3 Å². The zero-order valence-corrected chi connectivity index (χ0v) is 8.45. The van der Waals surface area contributed by atoms with Gasteiger partial charge in [0.25, 0.3) is 0 Å². The lowest BCUT2D eigenvalue weighted by molar-refractivity contribution is -0.134. The van der Waals surface area contributed by atoms with Gasteiger partial charge < -0.3 is 16.0 Å². The molecule has 0 spiro atoms. The number of nitrogens with one attached hydrogen (secondary N) is 1. The van der Waals surface area contributed by atoms with Gasteiger partial charge in [-0.15, -0.1) is 0 Å². The topological polar surface area (TPSA) is 75.4 Å². The zero-order chi connectivity index (χ0) is 10.6. The highest BCUT2D eigenvalue weighted by Crippen LogP contribution is 2.13. The van der Waals surface area contributed by atoms with Gasteiger partial charge in [0.15, 0.2) is 0 Å². The number of nitrogens with two attached hydrogens (primary N) is 1. The van der Waals surface area contributed by atoms with Crippen molar-refractivity contribution in [3.05, 3.63) is 0 Å². The minimum Gasteiger partial charge on any atom is -0.370 e.